The third-order valence-corrected chi connectivity index (χ3v) is 7.37. The summed E-state index contributed by atoms with van der Waals surface area (Å²) in [5.41, 5.74) is 6.37. The number of pyridine rings is 2. The maximum Gasteiger partial charge on any atom is 0.224 e. The Morgan fingerprint density at radius 2 is 1.57 bits per heavy atom. The highest BCUT2D eigenvalue weighted by atomic mass is 16.6. The molecular formula is C36H59N11O6. The van der Waals surface area contributed by atoms with Crippen LogP contribution in [0.1, 0.15) is 60.3 Å². The van der Waals surface area contributed by atoms with Crippen molar-refractivity contribution in [3.63, 3.8) is 0 Å². The Balaban J connectivity index is 0.00000101. The zero-order chi connectivity index (χ0) is 39.5. The van der Waals surface area contributed by atoms with E-state index in [0.717, 1.165) is 39.5 Å². The summed E-state index contributed by atoms with van der Waals surface area (Å²) in [5, 5.41) is 31.8. The number of amides is 2. The lowest BCUT2D eigenvalue weighted by Crippen LogP contribution is -2.39. The lowest BCUT2D eigenvalue weighted by molar-refractivity contribution is -0.126. The third-order valence-electron chi connectivity index (χ3n) is 7.37. The van der Waals surface area contributed by atoms with Gasteiger partial charge in [0.05, 0.1) is 42.8 Å². The van der Waals surface area contributed by atoms with E-state index in [0.29, 0.717) is 62.2 Å². The Labute approximate surface area is 313 Å². The second-order valence-electron chi connectivity index (χ2n) is 12.9. The molecule has 0 fully saturated rings. The summed E-state index contributed by atoms with van der Waals surface area (Å²) in [6.45, 7) is 15.1. The van der Waals surface area contributed by atoms with E-state index in [2.05, 4.69) is 65.2 Å². The van der Waals surface area contributed by atoms with Crippen molar-refractivity contribution in [3.8, 4) is 23.0 Å². The quantitative estimate of drug-likeness (QED) is 0.0731. The molecule has 3 rings (SSSR count). The van der Waals surface area contributed by atoms with Crippen LogP contribution in [0.25, 0.3) is 23.0 Å². The fraction of sp³-hybridized carbons (Fsp3) is 0.583. The number of rotatable bonds is 22. The van der Waals surface area contributed by atoms with Gasteiger partial charge in [-0.1, -0.05) is 13.0 Å². The number of aliphatic hydroxyl groups excluding tert-OH is 1. The van der Waals surface area contributed by atoms with Crippen LogP contribution in [0.15, 0.2) is 42.7 Å². The molecule has 0 saturated carbocycles. The van der Waals surface area contributed by atoms with Crippen LogP contribution >= 0.6 is 0 Å². The number of hydrogen-bond acceptors (Lipinski definition) is 15. The Morgan fingerprint density at radius 3 is 2.13 bits per heavy atom. The molecule has 17 heteroatoms. The van der Waals surface area contributed by atoms with E-state index in [1.165, 1.54) is 6.20 Å². The van der Waals surface area contributed by atoms with Crippen LogP contribution in [0.4, 0.5) is 5.69 Å². The predicted octanol–water partition coefficient (Wildman–Crippen LogP) is 1.89. The van der Waals surface area contributed by atoms with Crippen LogP contribution in [-0.2, 0) is 23.9 Å². The van der Waals surface area contributed by atoms with Gasteiger partial charge in [-0.15, -0.1) is 20.4 Å². The first-order chi connectivity index (χ1) is 25.4. The van der Waals surface area contributed by atoms with Crippen LogP contribution in [0, 0.1) is 0 Å². The molecule has 3 aromatic heterocycles. The van der Waals surface area contributed by atoms with Gasteiger partial charge in [-0.05, 0) is 84.9 Å². The first kappa shape index (κ1) is 46.6. The maximum atomic E-state index is 12.3. The van der Waals surface area contributed by atoms with Crippen molar-refractivity contribution >= 4 is 23.8 Å². The molecule has 0 saturated heterocycles. The van der Waals surface area contributed by atoms with Crippen molar-refractivity contribution in [1.82, 2.24) is 45.9 Å². The first-order valence-electron chi connectivity index (χ1n) is 17.7. The average molecular weight is 742 g/mol. The minimum absolute atomic E-state index is 0.137. The molecule has 0 aromatic carbocycles. The van der Waals surface area contributed by atoms with Gasteiger partial charge in [0.2, 0.25) is 23.5 Å². The second kappa shape index (κ2) is 26.4. The molecule has 3 aromatic rings. The maximum absolute atomic E-state index is 12.3. The summed E-state index contributed by atoms with van der Waals surface area (Å²) in [7, 11) is 3.06. The molecule has 53 heavy (non-hydrogen) atoms. The summed E-state index contributed by atoms with van der Waals surface area (Å²) < 4.78 is 11.8. The van der Waals surface area contributed by atoms with Crippen molar-refractivity contribution in [2.24, 2.45) is 5.73 Å². The Morgan fingerprint density at radius 1 is 0.906 bits per heavy atom. The van der Waals surface area contributed by atoms with Gasteiger partial charge >= 0.3 is 0 Å². The zero-order valence-electron chi connectivity index (χ0n) is 32.3. The number of hydrogen-bond donors (Lipinski definition) is 5. The molecule has 0 aliphatic heterocycles. The van der Waals surface area contributed by atoms with Crippen molar-refractivity contribution < 1.29 is 29.0 Å². The molecule has 0 atom stereocenters. The van der Waals surface area contributed by atoms with Gasteiger partial charge in [-0.2, -0.15) is 0 Å². The van der Waals surface area contributed by atoms with Crippen molar-refractivity contribution in [1.29, 1.82) is 0 Å². The van der Waals surface area contributed by atoms with E-state index in [9.17, 15) is 14.4 Å². The molecule has 0 aliphatic carbocycles. The van der Waals surface area contributed by atoms with Crippen LogP contribution in [0.5, 0.6) is 0 Å². The molecule has 2 amide bonds. The zero-order valence-corrected chi connectivity index (χ0v) is 32.3. The fourth-order valence-electron chi connectivity index (χ4n) is 4.19. The Kier molecular flexibility index (Phi) is 23.2. The SMILES string of the molecule is CC(C)(CCN)OCC(C)(C)OCCNC(=O)CCCC(=O)Nc1ccc(-c2nnc(-c3ccccn3)nn2)nc1.CCN(C)CCNCC=O.CO. The van der Waals surface area contributed by atoms with Crippen molar-refractivity contribution in [3.05, 3.63) is 42.7 Å². The van der Waals surface area contributed by atoms with Crippen LogP contribution in [0.2, 0.25) is 0 Å². The van der Waals surface area contributed by atoms with Crippen LogP contribution in [-0.4, -0.2) is 136 Å². The molecule has 0 radical (unpaired) electrons. The summed E-state index contributed by atoms with van der Waals surface area (Å²) in [6.07, 6.45) is 5.62. The molecule has 0 spiro atoms. The average Bonchev–Trinajstić information content (AvgIpc) is 3.16. The number of nitrogens with zero attached hydrogens (tertiary/aromatic N) is 7. The Bertz CT molecular complexity index is 1430. The van der Waals surface area contributed by atoms with E-state index in [1.54, 1.807) is 30.5 Å². The number of aromatic nitrogens is 6. The van der Waals surface area contributed by atoms with Gasteiger partial charge in [0.15, 0.2) is 0 Å². The number of likely N-dealkylation sites (N-methyl/N-ethyl adjacent to an activating group) is 1. The number of nitrogens with two attached hydrogens (primary N) is 1. The largest absolute Gasteiger partial charge is 0.400 e. The van der Waals surface area contributed by atoms with Gasteiger partial charge in [0.25, 0.3) is 0 Å². The molecule has 6 N–H and O–H groups in total. The van der Waals surface area contributed by atoms with E-state index < -0.39 is 5.60 Å². The topological polar surface area (TPSA) is 233 Å². The van der Waals surface area contributed by atoms with Gasteiger partial charge in [-0.3, -0.25) is 19.6 Å². The number of carbonyl (C=O) groups excluding carboxylic acids is 3. The summed E-state index contributed by atoms with van der Waals surface area (Å²) in [5.74, 6) is 0.214. The molecule has 0 bridgehead atoms. The van der Waals surface area contributed by atoms with E-state index in [1.807, 2.05) is 33.8 Å². The van der Waals surface area contributed by atoms with Crippen LogP contribution in [0.3, 0.4) is 0 Å². The number of aldehydes is 1. The fourth-order valence-corrected chi connectivity index (χ4v) is 4.19. The molecule has 0 unspecified atom stereocenters. The van der Waals surface area contributed by atoms with Gasteiger partial charge in [-0.25, -0.2) is 0 Å². The highest BCUT2D eigenvalue weighted by Crippen LogP contribution is 2.19. The minimum Gasteiger partial charge on any atom is -0.400 e. The summed E-state index contributed by atoms with van der Waals surface area (Å²) in [6, 6.07) is 8.74. The Hall–Kier alpha value is -4.39. The van der Waals surface area contributed by atoms with Crippen LogP contribution < -0.4 is 21.7 Å². The number of aliphatic hydroxyl groups is 1. The predicted molar refractivity (Wildman–Crippen MR) is 204 cm³/mol. The standard InChI is InChI=1S/C28H39N9O4.C7H16N2O.CH4O/c1-27(2,13-14-29)41-19-28(3,4)40-17-16-31-23(38)9-7-10-24(39)33-20-11-12-22(32-18-20)26-36-34-25(35-37-26)21-8-5-6-15-30-21;1-3-9(2)6-4-8-5-7-10;1-2/h5-6,8,11-12,15,18H,7,9-10,13-14,16-17,19,29H2,1-4H3,(H,31,38)(H,33,39);7-8H,3-6H2,1-2H3;2H,1H3. The van der Waals surface area contributed by atoms with Gasteiger partial charge in [0.1, 0.15) is 17.7 Å². The first-order valence-corrected chi connectivity index (χ1v) is 17.7. The monoisotopic (exact) mass is 741 g/mol. The van der Waals surface area contributed by atoms with E-state index >= 15 is 0 Å². The molecule has 3 heterocycles. The lowest BCUT2D eigenvalue weighted by Gasteiger charge is -2.32. The van der Waals surface area contributed by atoms with E-state index in [4.69, 9.17) is 20.3 Å². The van der Waals surface area contributed by atoms with E-state index in [-0.39, 0.29) is 36.1 Å². The highest BCUT2D eigenvalue weighted by Gasteiger charge is 2.25. The van der Waals surface area contributed by atoms with Crippen molar-refractivity contribution in [2.75, 3.05) is 72.0 Å². The third kappa shape index (κ3) is 21.0. The van der Waals surface area contributed by atoms with Gasteiger partial charge in [0, 0.05) is 45.8 Å². The molecule has 0 aliphatic rings. The number of nitrogens with one attached hydrogen (secondary N) is 3. The summed E-state index contributed by atoms with van der Waals surface area (Å²) >= 11 is 0. The van der Waals surface area contributed by atoms with Crippen molar-refractivity contribution in [2.45, 2.75) is 71.5 Å². The minimum atomic E-state index is -0.493. The lowest BCUT2D eigenvalue weighted by atomic mass is 10.0. The number of anilines is 1. The molecule has 294 valence electrons. The highest BCUT2D eigenvalue weighted by molar-refractivity contribution is 5.91. The second-order valence-corrected chi connectivity index (χ2v) is 12.9. The number of ether oxygens (including phenoxy) is 2. The molecular weight excluding hydrogens is 682 g/mol. The normalized spacial score (nSPS) is 11.1. The summed E-state index contributed by atoms with van der Waals surface area (Å²) in [4.78, 5) is 44.9. The van der Waals surface area contributed by atoms with Gasteiger partial charge < -0.3 is 46.0 Å². The molecule has 17 nitrogen and oxygen atoms in total. The number of carbonyl (C=O) groups is 3. The smallest absolute Gasteiger partial charge is 0.224 e.